The molecule has 0 fully saturated rings. The number of nitrogens with one attached hydrogen (secondary N) is 1. The van der Waals surface area contributed by atoms with Gasteiger partial charge in [0.1, 0.15) is 5.75 Å². The molecule has 3 aromatic rings. The number of para-hydroxylation sites is 2. The maximum Gasteiger partial charge on any atom is 0.264 e. The highest BCUT2D eigenvalue weighted by Crippen LogP contribution is 2.37. The Morgan fingerprint density at radius 2 is 1.84 bits per heavy atom. The zero-order valence-corrected chi connectivity index (χ0v) is 19.3. The molecule has 1 atom stereocenters. The van der Waals surface area contributed by atoms with Gasteiger partial charge in [-0.25, -0.2) is 8.42 Å². The van der Waals surface area contributed by atoms with Crippen LogP contribution in [0.25, 0.3) is 0 Å². The fourth-order valence-corrected chi connectivity index (χ4v) is 5.69. The Kier molecular flexibility index (Phi) is 6.13. The number of carbonyl (C=O) groups excluding carboxylic acids is 1. The van der Waals surface area contributed by atoms with Gasteiger partial charge in [0.25, 0.3) is 15.9 Å². The smallest absolute Gasteiger partial charge is 0.264 e. The van der Waals surface area contributed by atoms with Gasteiger partial charge in [-0.05, 0) is 80.4 Å². The van der Waals surface area contributed by atoms with Crippen LogP contribution in [0.1, 0.15) is 29.8 Å². The molecule has 0 aromatic heterocycles. The third kappa shape index (κ3) is 4.18. The van der Waals surface area contributed by atoms with Crippen LogP contribution in [-0.4, -0.2) is 27.0 Å². The van der Waals surface area contributed by atoms with Crippen molar-refractivity contribution in [3.8, 4) is 5.75 Å². The van der Waals surface area contributed by atoms with Crippen molar-refractivity contribution in [1.29, 1.82) is 0 Å². The van der Waals surface area contributed by atoms with E-state index in [1.54, 1.807) is 42.5 Å². The second-order valence-electron chi connectivity index (χ2n) is 7.53. The first-order valence-corrected chi connectivity index (χ1v) is 12.1. The molecular weight excluding hydrogens is 448 g/mol. The second kappa shape index (κ2) is 8.84. The molecule has 0 aliphatic carbocycles. The average Bonchev–Trinajstić information content (AvgIpc) is 3.11. The van der Waals surface area contributed by atoms with Crippen LogP contribution in [0, 0.1) is 0 Å². The highest BCUT2D eigenvalue weighted by molar-refractivity contribution is 7.92. The first-order valence-electron chi connectivity index (χ1n) is 10.3. The molecule has 1 N–H and O–H groups in total. The van der Waals surface area contributed by atoms with Crippen LogP contribution < -0.4 is 14.4 Å². The molecule has 1 aliphatic heterocycles. The van der Waals surface area contributed by atoms with Crippen molar-refractivity contribution >= 4 is 38.9 Å². The van der Waals surface area contributed by atoms with E-state index in [9.17, 15) is 13.2 Å². The third-order valence-electron chi connectivity index (χ3n) is 5.30. The highest BCUT2D eigenvalue weighted by atomic mass is 35.5. The van der Waals surface area contributed by atoms with Crippen LogP contribution in [0.4, 0.5) is 11.4 Å². The van der Waals surface area contributed by atoms with Crippen LogP contribution in [0.3, 0.4) is 0 Å². The van der Waals surface area contributed by atoms with Gasteiger partial charge in [-0.2, -0.15) is 0 Å². The Morgan fingerprint density at radius 3 is 2.56 bits per heavy atom. The van der Waals surface area contributed by atoms with E-state index in [-0.39, 0.29) is 16.8 Å². The van der Waals surface area contributed by atoms with Crippen molar-refractivity contribution in [3.05, 3.63) is 82.9 Å². The summed E-state index contributed by atoms with van der Waals surface area (Å²) in [5.74, 6) is 0.310. The molecule has 0 unspecified atom stereocenters. The number of anilines is 2. The van der Waals surface area contributed by atoms with Crippen LogP contribution in [0.15, 0.2) is 71.6 Å². The number of hydrogen-bond acceptors (Lipinski definition) is 4. The molecule has 3 aromatic carbocycles. The molecule has 0 radical (unpaired) electrons. The lowest BCUT2D eigenvalue weighted by molar-refractivity contribution is 0.102. The Balaban J connectivity index is 1.62. The molecule has 0 bridgehead atoms. The normalized spacial score (nSPS) is 15.3. The minimum Gasteiger partial charge on any atom is -0.492 e. The monoisotopic (exact) mass is 470 g/mol. The summed E-state index contributed by atoms with van der Waals surface area (Å²) in [7, 11) is -3.75. The molecule has 1 amide bonds. The van der Waals surface area contributed by atoms with Crippen molar-refractivity contribution in [2.24, 2.45) is 0 Å². The molecule has 32 heavy (non-hydrogen) atoms. The molecule has 6 nitrogen and oxygen atoms in total. The number of carbonyl (C=O) groups is 1. The number of hydrogen-bond donors (Lipinski definition) is 1. The van der Waals surface area contributed by atoms with Gasteiger partial charge in [0.2, 0.25) is 0 Å². The zero-order chi connectivity index (χ0) is 22.9. The van der Waals surface area contributed by atoms with Crippen molar-refractivity contribution in [1.82, 2.24) is 0 Å². The first-order chi connectivity index (χ1) is 15.3. The molecule has 0 spiro atoms. The summed E-state index contributed by atoms with van der Waals surface area (Å²) >= 11 is 5.91. The summed E-state index contributed by atoms with van der Waals surface area (Å²) in [5.41, 5.74) is 2.42. The summed E-state index contributed by atoms with van der Waals surface area (Å²) in [4.78, 5) is 13.0. The van der Waals surface area contributed by atoms with E-state index < -0.39 is 10.0 Å². The summed E-state index contributed by atoms with van der Waals surface area (Å²) in [5, 5.41) is 3.35. The summed E-state index contributed by atoms with van der Waals surface area (Å²) in [6, 6.07) is 18.2. The van der Waals surface area contributed by atoms with E-state index in [1.807, 2.05) is 26.0 Å². The Labute approximate surface area is 192 Å². The first kappa shape index (κ1) is 22.2. The van der Waals surface area contributed by atoms with E-state index in [0.717, 1.165) is 5.56 Å². The van der Waals surface area contributed by atoms with Gasteiger partial charge >= 0.3 is 0 Å². The number of nitrogens with zero attached hydrogens (tertiary/aromatic N) is 1. The van der Waals surface area contributed by atoms with Gasteiger partial charge in [0.15, 0.2) is 0 Å². The van der Waals surface area contributed by atoms with E-state index in [4.69, 9.17) is 16.3 Å². The van der Waals surface area contributed by atoms with E-state index in [0.29, 0.717) is 40.7 Å². The highest BCUT2D eigenvalue weighted by Gasteiger charge is 2.36. The maximum absolute atomic E-state index is 13.3. The minimum atomic E-state index is -3.75. The number of rotatable bonds is 6. The minimum absolute atomic E-state index is 0.177. The number of ether oxygens (including phenoxy) is 1. The summed E-state index contributed by atoms with van der Waals surface area (Å²) < 4.78 is 33.5. The zero-order valence-electron chi connectivity index (χ0n) is 17.7. The van der Waals surface area contributed by atoms with E-state index >= 15 is 0 Å². The number of amides is 1. The van der Waals surface area contributed by atoms with Crippen LogP contribution >= 0.6 is 11.6 Å². The lowest BCUT2D eigenvalue weighted by atomic mass is 10.1. The molecule has 1 aliphatic rings. The predicted molar refractivity (Wildman–Crippen MR) is 126 cm³/mol. The molecule has 0 saturated carbocycles. The maximum atomic E-state index is 13.3. The van der Waals surface area contributed by atoms with E-state index in [1.165, 1.54) is 16.4 Å². The predicted octanol–water partition coefficient (Wildman–Crippen LogP) is 5.13. The Hall–Kier alpha value is -3.03. The van der Waals surface area contributed by atoms with Crippen molar-refractivity contribution in [2.45, 2.75) is 31.2 Å². The Morgan fingerprint density at radius 1 is 1.12 bits per heavy atom. The fourth-order valence-electron chi connectivity index (χ4n) is 3.88. The molecule has 4 rings (SSSR count). The number of fused-ring (bicyclic) bond motifs is 1. The van der Waals surface area contributed by atoms with Crippen LogP contribution in [0.5, 0.6) is 5.75 Å². The molecule has 1 heterocycles. The second-order valence-corrected chi connectivity index (χ2v) is 9.79. The summed E-state index contributed by atoms with van der Waals surface area (Å²) in [6.45, 7) is 4.22. The SMILES string of the molecule is CCOc1ccccc1NC(=O)c1ccc2c(c1)C[C@@H](C)N2S(=O)(=O)c1ccc(Cl)cc1. The number of sulfonamides is 1. The van der Waals surface area contributed by atoms with Gasteiger partial charge in [0.05, 0.1) is 22.9 Å². The molecular formula is C24H23ClN2O4S. The Bertz CT molecular complexity index is 1260. The number of benzene rings is 3. The molecule has 0 saturated heterocycles. The molecule has 8 heteroatoms. The van der Waals surface area contributed by atoms with Gasteiger partial charge in [-0.1, -0.05) is 23.7 Å². The lowest BCUT2D eigenvalue weighted by Crippen LogP contribution is -2.35. The van der Waals surface area contributed by atoms with Crippen molar-refractivity contribution < 1.29 is 17.9 Å². The van der Waals surface area contributed by atoms with Gasteiger partial charge in [0, 0.05) is 16.6 Å². The standard InChI is InChI=1S/C24H23ClN2O4S/c1-3-31-23-7-5-4-6-21(23)26-24(28)17-8-13-22-18(15-17)14-16(2)27(22)32(29,30)20-11-9-19(25)10-12-20/h4-13,15-16H,3,14H2,1-2H3,(H,26,28)/t16-/m1/s1. The largest absolute Gasteiger partial charge is 0.492 e. The lowest BCUT2D eigenvalue weighted by Gasteiger charge is -2.24. The summed E-state index contributed by atoms with van der Waals surface area (Å²) in [6.07, 6.45) is 0.513. The fraction of sp³-hybridized carbons (Fsp3) is 0.208. The van der Waals surface area contributed by atoms with Crippen molar-refractivity contribution in [3.63, 3.8) is 0 Å². The third-order valence-corrected chi connectivity index (χ3v) is 7.49. The topological polar surface area (TPSA) is 75.7 Å². The quantitative estimate of drug-likeness (QED) is 0.541. The number of halogens is 1. The molecule has 166 valence electrons. The van der Waals surface area contributed by atoms with Crippen LogP contribution in [0.2, 0.25) is 5.02 Å². The van der Waals surface area contributed by atoms with E-state index in [2.05, 4.69) is 5.32 Å². The van der Waals surface area contributed by atoms with Crippen molar-refractivity contribution in [2.75, 3.05) is 16.2 Å². The average molecular weight is 471 g/mol. The van der Waals surface area contributed by atoms with Gasteiger partial charge in [-0.3, -0.25) is 9.10 Å². The van der Waals surface area contributed by atoms with Gasteiger partial charge < -0.3 is 10.1 Å². The van der Waals surface area contributed by atoms with Gasteiger partial charge in [-0.15, -0.1) is 0 Å². The van der Waals surface area contributed by atoms with Crippen LogP contribution in [-0.2, 0) is 16.4 Å².